The van der Waals surface area contributed by atoms with E-state index in [0.717, 1.165) is 0 Å². The van der Waals surface area contributed by atoms with E-state index in [9.17, 15) is 22.0 Å². The van der Waals surface area contributed by atoms with Crippen molar-refractivity contribution in [3.05, 3.63) is 60.2 Å². The predicted molar refractivity (Wildman–Crippen MR) is 98.5 cm³/mol. The van der Waals surface area contributed by atoms with Gasteiger partial charge in [0.15, 0.2) is 9.84 Å². The first-order chi connectivity index (χ1) is 12.6. The Balaban J connectivity index is 1.68. The zero-order valence-electron chi connectivity index (χ0n) is 14.7. The highest BCUT2D eigenvalue weighted by Gasteiger charge is 2.67. The molecule has 27 heavy (non-hydrogen) atoms. The molecule has 1 aliphatic rings. The van der Waals surface area contributed by atoms with Crippen molar-refractivity contribution in [2.45, 2.75) is 29.9 Å². The van der Waals surface area contributed by atoms with E-state index in [2.05, 4.69) is 10.6 Å². The van der Waals surface area contributed by atoms with E-state index in [-0.39, 0.29) is 23.6 Å². The number of carbonyl (C=O) groups is 1. The molecule has 1 unspecified atom stereocenters. The van der Waals surface area contributed by atoms with Gasteiger partial charge in [0.25, 0.3) is 5.92 Å². The molecule has 0 bridgehead atoms. The van der Waals surface area contributed by atoms with Gasteiger partial charge >= 0.3 is 6.03 Å². The minimum absolute atomic E-state index is 0.156. The molecule has 1 atom stereocenters. The van der Waals surface area contributed by atoms with Gasteiger partial charge in [0.1, 0.15) is 0 Å². The second-order valence-electron chi connectivity index (χ2n) is 6.98. The van der Waals surface area contributed by atoms with E-state index < -0.39 is 27.2 Å². The van der Waals surface area contributed by atoms with Gasteiger partial charge in [-0.3, -0.25) is 0 Å². The third-order valence-corrected chi connectivity index (χ3v) is 6.40. The van der Waals surface area contributed by atoms with E-state index in [1.54, 1.807) is 42.5 Å². The van der Waals surface area contributed by atoms with Crippen LogP contribution in [0.2, 0.25) is 0 Å². The van der Waals surface area contributed by atoms with E-state index in [0.29, 0.717) is 11.3 Å². The van der Waals surface area contributed by atoms with E-state index in [1.165, 1.54) is 19.1 Å². The lowest BCUT2D eigenvalue weighted by Crippen LogP contribution is -2.35. The third kappa shape index (κ3) is 4.27. The molecule has 1 fully saturated rings. The quantitative estimate of drug-likeness (QED) is 0.782. The molecule has 0 aromatic heterocycles. The van der Waals surface area contributed by atoms with Crippen LogP contribution in [0.1, 0.15) is 18.9 Å². The maximum Gasteiger partial charge on any atom is 0.319 e. The summed E-state index contributed by atoms with van der Waals surface area (Å²) in [5, 5.41) is 4.98. The summed E-state index contributed by atoms with van der Waals surface area (Å²) in [5.74, 6) is -3.05. The van der Waals surface area contributed by atoms with E-state index in [1.807, 2.05) is 0 Å². The molecule has 5 nitrogen and oxygen atoms in total. The number of amides is 2. The fourth-order valence-electron chi connectivity index (χ4n) is 2.76. The maximum absolute atomic E-state index is 13.2. The lowest BCUT2D eigenvalue weighted by Gasteiger charge is -2.14. The average molecular weight is 394 g/mol. The Bertz CT molecular complexity index is 948. The van der Waals surface area contributed by atoms with Gasteiger partial charge in [0, 0.05) is 18.7 Å². The number of hydrogen-bond acceptors (Lipinski definition) is 3. The number of anilines is 1. The summed E-state index contributed by atoms with van der Waals surface area (Å²) in [4.78, 5) is 12.3. The fourth-order valence-corrected chi connectivity index (χ4v) is 4.16. The van der Waals surface area contributed by atoms with Gasteiger partial charge in [-0.1, -0.05) is 43.3 Å². The van der Waals surface area contributed by atoms with Crippen molar-refractivity contribution in [3.63, 3.8) is 0 Å². The summed E-state index contributed by atoms with van der Waals surface area (Å²) in [6, 6.07) is 13.9. The average Bonchev–Trinajstić information content (AvgIpc) is 3.13. The van der Waals surface area contributed by atoms with Gasteiger partial charge in [-0.25, -0.2) is 22.0 Å². The predicted octanol–water partition coefficient (Wildman–Crippen LogP) is 3.83. The number of urea groups is 1. The second kappa shape index (κ2) is 6.92. The van der Waals surface area contributed by atoms with Gasteiger partial charge in [0.05, 0.1) is 16.1 Å². The number of nitrogens with one attached hydrogen (secondary N) is 2. The molecule has 2 N–H and O–H groups in total. The van der Waals surface area contributed by atoms with Crippen molar-refractivity contribution in [2.75, 3.05) is 11.9 Å². The number of sulfone groups is 1. The molecular weight excluding hydrogens is 374 g/mol. The van der Waals surface area contributed by atoms with Crippen LogP contribution >= 0.6 is 0 Å². The van der Waals surface area contributed by atoms with Crippen LogP contribution in [-0.2, 0) is 15.6 Å². The molecule has 1 saturated carbocycles. The van der Waals surface area contributed by atoms with Crippen LogP contribution in [0.4, 0.5) is 19.3 Å². The largest absolute Gasteiger partial charge is 0.337 e. The Kier molecular flexibility index (Phi) is 4.94. The first-order valence-electron chi connectivity index (χ1n) is 8.41. The van der Waals surface area contributed by atoms with Gasteiger partial charge in [-0.2, -0.15) is 0 Å². The highest BCUT2D eigenvalue weighted by molar-refractivity contribution is 7.90. The number of carbonyl (C=O) groups excluding carboxylic acids is 1. The molecule has 2 amide bonds. The SMILES string of the molecule is CC1(CNC(=O)Nc2ccccc2CS(=O)(=O)c2ccccc2)CC1(F)F. The second-order valence-corrected chi connectivity index (χ2v) is 8.97. The molecule has 3 rings (SSSR count). The Morgan fingerprint density at radius 3 is 2.30 bits per heavy atom. The molecule has 0 heterocycles. The van der Waals surface area contributed by atoms with Gasteiger partial charge in [0.2, 0.25) is 0 Å². The number of alkyl halides is 2. The third-order valence-electron chi connectivity index (χ3n) is 4.72. The Morgan fingerprint density at radius 2 is 1.67 bits per heavy atom. The van der Waals surface area contributed by atoms with Crippen molar-refractivity contribution in [1.82, 2.24) is 5.32 Å². The Morgan fingerprint density at radius 1 is 1.07 bits per heavy atom. The van der Waals surface area contributed by atoms with Crippen molar-refractivity contribution in [3.8, 4) is 0 Å². The Labute approximate surface area is 156 Å². The molecule has 1 aliphatic carbocycles. The number of rotatable bonds is 6. The molecule has 2 aromatic carbocycles. The molecular formula is C19H20F2N2O3S. The van der Waals surface area contributed by atoms with E-state index in [4.69, 9.17) is 0 Å². The molecule has 144 valence electrons. The van der Waals surface area contributed by atoms with Crippen molar-refractivity contribution < 1.29 is 22.0 Å². The lowest BCUT2D eigenvalue weighted by molar-refractivity contribution is 0.0709. The fraction of sp³-hybridized carbons (Fsp3) is 0.316. The summed E-state index contributed by atoms with van der Waals surface area (Å²) < 4.78 is 51.6. The smallest absolute Gasteiger partial charge is 0.319 e. The van der Waals surface area contributed by atoms with Crippen LogP contribution in [0, 0.1) is 5.41 Å². The van der Waals surface area contributed by atoms with Crippen molar-refractivity contribution in [2.24, 2.45) is 5.41 Å². The van der Waals surface area contributed by atoms with Crippen LogP contribution in [-0.4, -0.2) is 26.9 Å². The topological polar surface area (TPSA) is 75.3 Å². The van der Waals surface area contributed by atoms with Crippen LogP contribution < -0.4 is 10.6 Å². The van der Waals surface area contributed by atoms with Crippen LogP contribution in [0.3, 0.4) is 0 Å². The highest BCUT2D eigenvalue weighted by Crippen LogP contribution is 2.59. The summed E-state index contributed by atoms with van der Waals surface area (Å²) in [6.07, 6.45) is -0.258. The first kappa shape index (κ1) is 19.3. The molecule has 0 spiro atoms. The number of hydrogen-bond donors (Lipinski definition) is 2. The molecule has 2 aromatic rings. The van der Waals surface area contributed by atoms with Crippen LogP contribution in [0.25, 0.3) is 0 Å². The maximum atomic E-state index is 13.2. The number of halogens is 2. The van der Waals surface area contributed by atoms with Gasteiger partial charge in [-0.15, -0.1) is 0 Å². The number of benzene rings is 2. The highest BCUT2D eigenvalue weighted by atomic mass is 32.2. The van der Waals surface area contributed by atoms with E-state index >= 15 is 0 Å². The molecule has 0 saturated heterocycles. The van der Waals surface area contributed by atoms with Crippen LogP contribution in [0.15, 0.2) is 59.5 Å². The zero-order valence-corrected chi connectivity index (χ0v) is 15.5. The first-order valence-corrected chi connectivity index (χ1v) is 10.1. The standard InChI is InChI=1S/C19H20F2N2O3S/c1-18(12-19(18,20)21)13-22-17(24)23-16-10-6-5-7-14(16)11-27(25,26)15-8-3-2-4-9-15/h2-10H,11-13H2,1H3,(H2,22,23,24). The summed E-state index contributed by atoms with van der Waals surface area (Å²) in [6.45, 7) is 1.25. The van der Waals surface area contributed by atoms with Gasteiger partial charge < -0.3 is 10.6 Å². The lowest BCUT2D eigenvalue weighted by atomic mass is 10.1. The Hall–Kier alpha value is -2.48. The molecule has 0 aliphatic heterocycles. The summed E-state index contributed by atoms with van der Waals surface area (Å²) in [7, 11) is -3.58. The normalized spacial score (nSPS) is 20.7. The summed E-state index contributed by atoms with van der Waals surface area (Å²) >= 11 is 0. The molecule has 0 radical (unpaired) electrons. The summed E-state index contributed by atoms with van der Waals surface area (Å²) in [5.41, 5.74) is -0.484. The molecule has 8 heteroatoms. The zero-order chi connectivity index (χ0) is 19.7. The minimum Gasteiger partial charge on any atom is -0.337 e. The van der Waals surface area contributed by atoms with Crippen molar-refractivity contribution >= 4 is 21.6 Å². The van der Waals surface area contributed by atoms with Gasteiger partial charge in [-0.05, 0) is 23.8 Å². The van der Waals surface area contributed by atoms with Crippen molar-refractivity contribution in [1.29, 1.82) is 0 Å². The monoisotopic (exact) mass is 394 g/mol. The number of para-hydroxylation sites is 1. The minimum atomic E-state index is -3.58. The van der Waals surface area contributed by atoms with Crippen LogP contribution in [0.5, 0.6) is 0 Å².